The number of aliphatic hydroxyl groups excluding tert-OH is 1. The summed E-state index contributed by atoms with van der Waals surface area (Å²) in [6.45, 7) is 2.02. The Morgan fingerprint density at radius 2 is 2.24 bits per heavy atom. The SMILES string of the molecule is CCSCCC(N)C(O)C(=O)NNC(=O)c1cccnn1. The van der Waals surface area contributed by atoms with Crippen molar-refractivity contribution in [2.24, 2.45) is 5.73 Å². The van der Waals surface area contributed by atoms with Crippen molar-refractivity contribution in [3.63, 3.8) is 0 Å². The number of thioether (sulfide) groups is 1. The average Bonchev–Trinajstić information content (AvgIpc) is 2.52. The number of hydrogen-bond donors (Lipinski definition) is 4. The fraction of sp³-hybridized carbons (Fsp3) is 0.500. The van der Waals surface area contributed by atoms with Gasteiger partial charge < -0.3 is 10.8 Å². The van der Waals surface area contributed by atoms with Crippen molar-refractivity contribution < 1.29 is 14.7 Å². The van der Waals surface area contributed by atoms with Gasteiger partial charge in [0.2, 0.25) is 0 Å². The van der Waals surface area contributed by atoms with Crippen LogP contribution in [0.4, 0.5) is 0 Å². The number of hydrazine groups is 1. The predicted molar refractivity (Wildman–Crippen MR) is 79.2 cm³/mol. The number of aromatic nitrogens is 2. The number of hydrogen-bond acceptors (Lipinski definition) is 7. The van der Waals surface area contributed by atoms with Crippen LogP contribution in [0.5, 0.6) is 0 Å². The summed E-state index contributed by atoms with van der Waals surface area (Å²) < 4.78 is 0. The lowest BCUT2D eigenvalue weighted by molar-refractivity contribution is -0.131. The first-order chi connectivity index (χ1) is 10.1. The third-order valence-corrected chi connectivity index (χ3v) is 3.51. The predicted octanol–water partition coefficient (Wildman–Crippen LogP) is -0.931. The molecule has 2 unspecified atom stereocenters. The minimum Gasteiger partial charge on any atom is -0.382 e. The van der Waals surface area contributed by atoms with E-state index in [0.29, 0.717) is 6.42 Å². The van der Waals surface area contributed by atoms with Crippen LogP contribution in [0.3, 0.4) is 0 Å². The first-order valence-electron chi connectivity index (χ1n) is 6.45. The molecule has 21 heavy (non-hydrogen) atoms. The van der Waals surface area contributed by atoms with Crippen molar-refractivity contribution in [2.45, 2.75) is 25.5 Å². The Balaban J connectivity index is 2.37. The molecule has 1 heterocycles. The maximum Gasteiger partial charge on any atom is 0.290 e. The van der Waals surface area contributed by atoms with Crippen molar-refractivity contribution in [3.05, 3.63) is 24.0 Å². The van der Waals surface area contributed by atoms with E-state index in [1.54, 1.807) is 17.8 Å². The van der Waals surface area contributed by atoms with Gasteiger partial charge in [-0.3, -0.25) is 20.4 Å². The summed E-state index contributed by atoms with van der Waals surface area (Å²) in [6, 6.07) is 2.30. The summed E-state index contributed by atoms with van der Waals surface area (Å²) in [5.74, 6) is 0.317. The number of nitrogens with one attached hydrogen (secondary N) is 2. The number of carbonyl (C=O) groups is 2. The van der Waals surface area contributed by atoms with E-state index in [2.05, 4.69) is 21.0 Å². The highest BCUT2D eigenvalue weighted by atomic mass is 32.2. The van der Waals surface area contributed by atoms with E-state index in [9.17, 15) is 14.7 Å². The largest absolute Gasteiger partial charge is 0.382 e. The van der Waals surface area contributed by atoms with Crippen molar-refractivity contribution in [1.29, 1.82) is 0 Å². The van der Waals surface area contributed by atoms with Crippen LogP contribution in [0.2, 0.25) is 0 Å². The highest BCUT2D eigenvalue weighted by molar-refractivity contribution is 7.99. The van der Waals surface area contributed by atoms with Gasteiger partial charge in [0.25, 0.3) is 11.8 Å². The van der Waals surface area contributed by atoms with Gasteiger partial charge in [0.1, 0.15) is 6.10 Å². The Morgan fingerprint density at radius 1 is 1.48 bits per heavy atom. The van der Waals surface area contributed by atoms with Gasteiger partial charge in [-0.2, -0.15) is 16.9 Å². The second-order valence-corrected chi connectivity index (χ2v) is 5.54. The minimum absolute atomic E-state index is 0.0518. The van der Waals surface area contributed by atoms with E-state index in [1.165, 1.54) is 12.3 Å². The van der Waals surface area contributed by atoms with Gasteiger partial charge in [-0.25, -0.2) is 0 Å². The Labute approximate surface area is 126 Å². The maximum atomic E-state index is 11.7. The second kappa shape index (κ2) is 9.27. The molecule has 8 nitrogen and oxygen atoms in total. The van der Waals surface area contributed by atoms with Gasteiger partial charge in [-0.15, -0.1) is 5.10 Å². The molecule has 2 atom stereocenters. The van der Waals surface area contributed by atoms with Crippen LogP contribution < -0.4 is 16.6 Å². The molecule has 0 aliphatic rings. The van der Waals surface area contributed by atoms with Crippen molar-refractivity contribution >= 4 is 23.6 Å². The van der Waals surface area contributed by atoms with E-state index in [1.807, 2.05) is 6.92 Å². The molecule has 2 amide bonds. The zero-order valence-corrected chi connectivity index (χ0v) is 12.5. The number of nitrogens with zero attached hydrogens (tertiary/aromatic N) is 2. The van der Waals surface area contributed by atoms with Crippen LogP contribution in [0, 0.1) is 0 Å². The summed E-state index contributed by atoms with van der Waals surface area (Å²) in [4.78, 5) is 23.3. The van der Waals surface area contributed by atoms with Crippen LogP contribution >= 0.6 is 11.8 Å². The normalized spacial score (nSPS) is 13.3. The molecular formula is C12H19N5O3S. The molecule has 1 aromatic rings. The Hall–Kier alpha value is -1.71. The zero-order valence-electron chi connectivity index (χ0n) is 11.7. The monoisotopic (exact) mass is 313 g/mol. The van der Waals surface area contributed by atoms with Crippen molar-refractivity contribution in [3.8, 4) is 0 Å². The molecule has 0 saturated heterocycles. The lowest BCUT2D eigenvalue weighted by Crippen LogP contribution is -2.52. The number of amides is 2. The molecule has 1 rings (SSSR count). The highest BCUT2D eigenvalue weighted by Gasteiger charge is 2.23. The molecule has 1 aromatic heterocycles. The van der Waals surface area contributed by atoms with Crippen molar-refractivity contribution in [1.82, 2.24) is 21.0 Å². The fourth-order valence-corrected chi connectivity index (χ4v) is 2.12. The summed E-state index contributed by atoms with van der Waals surface area (Å²) in [5.41, 5.74) is 10.0. The summed E-state index contributed by atoms with van der Waals surface area (Å²) in [7, 11) is 0. The number of rotatable bonds is 7. The van der Waals surface area contributed by atoms with Crippen molar-refractivity contribution in [2.75, 3.05) is 11.5 Å². The average molecular weight is 313 g/mol. The third-order valence-electron chi connectivity index (χ3n) is 2.58. The molecule has 5 N–H and O–H groups in total. The molecule has 9 heteroatoms. The maximum absolute atomic E-state index is 11.7. The number of nitrogens with two attached hydrogens (primary N) is 1. The van der Waals surface area contributed by atoms with E-state index < -0.39 is 24.0 Å². The van der Waals surface area contributed by atoms with E-state index in [0.717, 1.165) is 11.5 Å². The Kier molecular flexibility index (Phi) is 7.65. The van der Waals surface area contributed by atoms with Gasteiger partial charge in [0.05, 0.1) is 0 Å². The Morgan fingerprint density at radius 3 is 2.86 bits per heavy atom. The molecule has 116 valence electrons. The van der Waals surface area contributed by atoms with Gasteiger partial charge in [-0.05, 0) is 30.1 Å². The van der Waals surface area contributed by atoms with Crippen LogP contribution in [0.15, 0.2) is 18.3 Å². The smallest absolute Gasteiger partial charge is 0.290 e. The third kappa shape index (κ3) is 6.06. The lowest BCUT2D eigenvalue weighted by Gasteiger charge is -2.18. The molecular weight excluding hydrogens is 294 g/mol. The van der Waals surface area contributed by atoms with E-state index in [4.69, 9.17) is 5.73 Å². The Bertz CT molecular complexity index is 459. The minimum atomic E-state index is -1.38. The standard InChI is InChI=1S/C12H19N5O3S/c1-2-21-7-5-8(13)10(18)12(20)17-16-11(19)9-4-3-6-14-15-9/h3-4,6,8,10,18H,2,5,7,13H2,1H3,(H,16,19)(H,17,20). The summed E-state index contributed by atoms with van der Waals surface area (Å²) in [5, 5.41) is 16.9. The van der Waals surface area contributed by atoms with Crippen LogP contribution in [-0.2, 0) is 4.79 Å². The van der Waals surface area contributed by atoms with Crippen LogP contribution in [0.25, 0.3) is 0 Å². The molecule has 0 saturated carbocycles. The number of carbonyl (C=O) groups excluding carboxylic acids is 2. The fourth-order valence-electron chi connectivity index (χ4n) is 1.40. The first-order valence-corrected chi connectivity index (χ1v) is 7.61. The molecule has 0 spiro atoms. The summed E-state index contributed by atoms with van der Waals surface area (Å²) >= 11 is 1.67. The molecule has 0 radical (unpaired) electrons. The second-order valence-electron chi connectivity index (χ2n) is 4.15. The van der Waals surface area contributed by atoms with Gasteiger partial charge in [0.15, 0.2) is 5.69 Å². The molecule has 0 aliphatic heterocycles. The zero-order chi connectivity index (χ0) is 15.7. The van der Waals surface area contributed by atoms with Crippen LogP contribution in [0.1, 0.15) is 23.8 Å². The number of aliphatic hydroxyl groups is 1. The van der Waals surface area contributed by atoms with E-state index in [-0.39, 0.29) is 5.69 Å². The molecule has 0 aromatic carbocycles. The van der Waals surface area contributed by atoms with Crippen LogP contribution in [-0.4, -0.2) is 50.8 Å². The van der Waals surface area contributed by atoms with Gasteiger partial charge >= 0.3 is 0 Å². The van der Waals surface area contributed by atoms with Gasteiger partial charge in [-0.1, -0.05) is 6.92 Å². The molecule has 0 aliphatic carbocycles. The lowest BCUT2D eigenvalue weighted by atomic mass is 10.1. The molecule has 0 bridgehead atoms. The topological polar surface area (TPSA) is 130 Å². The highest BCUT2D eigenvalue weighted by Crippen LogP contribution is 2.05. The first kappa shape index (κ1) is 17.3. The van der Waals surface area contributed by atoms with Gasteiger partial charge in [0, 0.05) is 12.2 Å². The quantitative estimate of drug-likeness (QED) is 0.378. The van der Waals surface area contributed by atoms with E-state index >= 15 is 0 Å². The molecule has 0 fully saturated rings. The summed E-state index contributed by atoms with van der Waals surface area (Å²) in [6.07, 6.45) is 0.544.